The van der Waals surface area contributed by atoms with Gasteiger partial charge in [-0.2, -0.15) is 0 Å². The third-order valence-electron chi connectivity index (χ3n) is 6.06. The van der Waals surface area contributed by atoms with E-state index < -0.39 is 11.2 Å². The van der Waals surface area contributed by atoms with Crippen LogP contribution in [0.15, 0.2) is 107 Å². The number of fused-ring (bicyclic) bond motifs is 2. The van der Waals surface area contributed by atoms with Crippen molar-refractivity contribution < 1.29 is 0 Å². The number of aromatic nitrogens is 4. The molecule has 0 saturated heterocycles. The van der Waals surface area contributed by atoms with Crippen molar-refractivity contribution in [3.8, 4) is 27.9 Å². The molecule has 0 aliphatic carbocycles. The van der Waals surface area contributed by atoms with Crippen LogP contribution >= 0.6 is 11.6 Å². The minimum Gasteiger partial charge on any atom is -0.306 e. The van der Waals surface area contributed by atoms with Gasteiger partial charge in [-0.05, 0) is 35.4 Å². The minimum atomic E-state index is -0.538. The number of hydrogen-bond donors (Lipinski definition) is 1. The summed E-state index contributed by atoms with van der Waals surface area (Å²) >= 11 is 6.62. The number of benzene rings is 3. The maximum atomic E-state index is 13.5. The second kappa shape index (κ2) is 8.34. The van der Waals surface area contributed by atoms with Crippen LogP contribution in [0.4, 0.5) is 0 Å². The van der Waals surface area contributed by atoms with Crippen molar-refractivity contribution in [1.29, 1.82) is 0 Å². The van der Waals surface area contributed by atoms with Gasteiger partial charge in [0.05, 0.1) is 22.8 Å². The van der Waals surface area contributed by atoms with Crippen LogP contribution in [0.2, 0.25) is 5.02 Å². The van der Waals surface area contributed by atoms with Gasteiger partial charge < -0.3 is 4.98 Å². The third kappa shape index (κ3) is 3.52. The monoisotopic (exact) mass is 476 g/mol. The van der Waals surface area contributed by atoms with Crippen molar-refractivity contribution in [3.63, 3.8) is 0 Å². The van der Waals surface area contributed by atoms with Crippen LogP contribution in [0.25, 0.3) is 49.6 Å². The summed E-state index contributed by atoms with van der Waals surface area (Å²) in [6.07, 6.45) is 6.72. The molecule has 0 aliphatic heterocycles. The average molecular weight is 477 g/mol. The number of nitrogens with one attached hydrogen (secondary N) is 1. The van der Waals surface area contributed by atoms with E-state index in [1.54, 1.807) is 30.7 Å². The fourth-order valence-corrected chi connectivity index (χ4v) is 4.73. The van der Waals surface area contributed by atoms with E-state index in [-0.39, 0.29) is 0 Å². The Morgan fingerprint density at radius 2 is 1.66 bits per heavy atom. The molecule has 0 spiro atoms. The Balaban J connectivity index is 1.57. The van der Waals surface area contributed by atoms with E-state index in [1.165, 1.54) is 6.20 Å². The Morgan fingerprint density at radius 1 is 0.771 bits per heavy atom. The standard InChI is InChI=1S/C28H17ClN4O2/c29-23-9-3-8-21(19-6-4-12-30-14-19)26(23)17-10-11-22-24(13-17)32-28(35)33(27(22)34)25-16-31-15-18-5-1-2-7-20(18)25/h1-16H,(H,32,35). The number of rotatable bonds is 3. The Labute approximate surface area is 204 Å². The second-order valence-corrected chi connectivity index (χ2v) is 8.52. The highest BCUT2D eigenvalue weighted by Crippen LogP contribution is 2.38. The number of halogens is 1. The lowest BCUT2D eigenvalue weighted by Gasteiger charge is -2.13. The lowest BCUT2D eigenvalue weighted by molar-refractivity contribution is 0.902. The molecule has 7 heteroatoms. The van der Waals surface area contributed by atoms with E-state index in [9.17, 15) is 9.59 Å². The molecule has 0 radical (unpaired) electrons. The number of pyridine rings is 2. The molecule has 0 aliphatic rings. The van der Waals surface area contributed by atoms with E-state index in [1.807, 2.05) is 60.7 Å². The number of hydrogen-bond acceptors (Lipinski definition) is 4. The predicted molar refractivity (Wildman–Crippen MR) is 139 cm³/mol. The van der Waals surface area contributed by atoms with Crippen molar-refractivity contribution >= 4 is 33.3 Å². The van der Waals surface area contributed by atoms with Crippen LogP contribution in [0.1, 0.15) is 0 Å². The number of nitrogens with zero attached hydrogens (tertiary/aromatic N) is 3. The number of aromatic amines is 1. The molecule has 0 amide bonds. The topological polar surface area (TPSA) is 80.6 Å². The van der Waals surface area contributed by atoms with Gasteiger partial charge in [-0.3, -0.25) is 14.8 Å². The van der Waals surface area contributed by atoms with Gasteiger partial charge in [0, 0.05) is 45.5 Å². The molecule has 0 unspecified atom stereocenters. The van der Waals surface area contributed by atoms with Crippen molar-refractivity contribution in [3.05, 3.63) is 123 Å². The summed E-state index contributed by atoms with van der Waals surface area (Å²) in [6.45, 7) is 0. The zero-order chi connectivity index (χ0) is 23.9. The highest BCUT2D eigenvalue weighted by Gasteiger charge is 2.16. The Kier molecular flexibility index (Phi) is 5.01. The summed E-state index contributed by atoms with van der Waals surface area (Å²) in [5.41, 5.74) is 3.31. The van der Waals surface area contributed by atoms with Gasteiger partial charge in [-0.25, -0.2) is 9.36 Å². The van der Waals surface area contributed by atoms with Gasteiger partial charge in [0.2, 0.25) is 0 Å². The molecule has 6 rings (SSSR count). The normalized spacial score (nSPS) is 11.2. The lowest BCUT2D eigenvalue weighted by Crippen LogP contribution is -2.33. The molecular weight excluding hydrogens is 460 g/mol. The van der Waals surface area contributed by atoms with E-state index in [4.69, 9.17) is 11.6 Å². The zero-order valence-corrected chi connectivity index (χ0v) is 19.0. The maximum absolute atomic E-state index is 13.5. The average Bonchev–Trinajstić information content (AvgIpc) is 2.89. The molecule has 35 heavy (non-hydrogen) atoms. The molecule has 0 bridgehead atoms. The van der Waals surface area contributed by atoms with Crippen LogP contribution < -0.4 is 11.2 Å². The first-order valence-electron chi connectivity index (χ1n) is 10.9. The first kappa shape index (κ1) is 21.0. The predicted octanol–water partition coefficient (Wildman–Crippen LogP) is 5.61. The van der Waals surface area contributed by atoms with Crippen molar-refractivity contribution in [1.82, 2.24) is 19.5 Å². The molecule has 6 aromatic rings. The fraction of sp³-hybridized carbons (Fsp3) is 0. The van der Waals surface area contributed by atoms with E-state index in [0.29, 0.717) is 21.6 Å². The summed E-state index contributed by atoms with van der Waals surface area (Å²) in [5.74, 6) is 0. The SMILES string of the molecule is O=c1[nH]c2cc(-c3c(Cl)cccc3-c3cccnc3)ccc2c(=O)n1-c1cncc2ccccc12. The third-order valence-corrected chi connectivity index (χ3v) is 6.38. The van der Waals surface area contributed by atoms with Crippen LogP contribution in [0.5, 0.6) is 0 Å². The van der Waals surface area contributed by atoms with E-state index >= 15 is 0 Å². The van der Waals surface area contributed by atoms with Gasteiger partial charge >= 0.3 is 5.69 Å². The molecule has 0 saturated carbocycles. The van der Waals surface area contributed by atoms with Crippen LogP contribution in [-0.2, 0) is 0 Å². The summed E-state index contributed by atoms with van der Waals surface area (Å²) < 4.78 is 1.13. The summed E-state index contributed by atoms with van der Waals surface area (Å²) in [6, 6.07) is 22.3. The van der Waals surface area contributed by atoms with E-state index in [2.05, 4.69) is 15.0 Å². The first-order chi connectivity index (χ1) is 17.1. The zero-order valence-electron chi connectivity index (χ0n) is 18.3. The van der Waals surface area contributed by atoms with Gasteiger partial charge in [0.25, 0.3) is 5.56 Å². The van der Waals surface area contributed by atoms with E-state index in [0.717, 1.165) is 37.6 Å². The molecule has 3 aromatic heterocycles. The van der Waals surface area contributed by atoms with Gasteiger partial charge in [-0.1, -0.05) is 60.1 Å². The van der Waals surface area contributed by atoms with Crippen molar-refractivity contribution in [2.45, 2.75) is 0 Å². The van der Waals surface area contributed by atoms with Gasteiger partial charge in [0.1, 0.15) is 0 Å². The molecule has 1 N–H and O–H groups in total. The molecule has 0 atom stereocenters. The smallest absolute Gasteiger partial charge is 0.306 e. The molecule has 3 aromatic carbocycles. The van der Waals surface area contributed by atoms with Gasteiger partial charge in [-0.15, -0.1) is 0 Å². The highest BCUT2D eigenvalue weighted by atomic mass is 35.5. The summed E-state index contributed by atoms with van der Waals surface area (Å²) in [7, 11) is 0. The summed E-state index contributed by atoms with van der Waals surface area (Å²) in [5, 5.41) is 2.55. The Morgan fingerprint density at radius 3 is 2.51 bits per heavy atom. The van der Waals surface area contributed by atoms with Crippen LogP contribution in [-0.4, -0.2) is 19.5 Å². The van der Waals surface area contributed by atoms with Crippen LogP contribution in [0, 0.1) is 0 Å². The van der Waals surface area contributed by atoms with Gasteiger partial charge in [0.15, 0.2) is 0 Å². The second-order valence-electron chi connectivity index (χ2n) is 8.11. The lowest BCUT2D eigenvalue weighted by atomic mass is 9.95. The minimum absolute atomic E-state index is 0.385. The maximum Gasteiger partial charge on any atom is 0.333 e. The quantitative estimate of drug-likeness (QED) is 0.360. The summed E-state index contributed by atoms with van der Waals surface area (Å²) in [4.78, 5) is 37.9. The molecule has 168 valence electrons. The Hall–Kier alpha value is -4.55. The number of H-pyrrole nitrogens is 1. The molecular formula is C28H17ClN4O2. The first-order valence-corrected chi connectivity index (χ1v) is 11.3. The largest absolute Gasteiger partial charge is 0.333 e. The molecule has 3 heterocycles. The highest BCUT2D eigenvalue weighted by molar-refractivity contribution is 6.34. The fourth-order valence-electron chi connectivity index (χ4n) is 4.45. The van der Waals surface area contributed by atoms with Crippen molar-refractivity contribution in [2.75, 3.05) is 0 Å². The molecule has 6 nitrogen and oxygen atoms in total. The van der Waals surface area contributed by atoms with Crippen LogP contribution in [0.3, 0.4) is 0 Å². The Bertz CT molecular complexity index is 1850. The van der Waals surface area contributed by atoms with Crippen molar-refractivity contribution in [2.24, 2.45) is 0 Å². The molecule has 0 fully saturated rings.